The summed E-state index contributed by atoms with van der Waals surface area (Å²) in [6, 6.07) is -0.0436. The van der Waals surface area contributed by atoms with Gasteiger partial charge in [0.15, 0.2) is 0 Å². The van der Waals surface area contributed by atoms with Crippen molar-refractivity contribution in [3.05, 3.63) is 27.2 Å². The molecule has 1 amide bonds. The average Bonchev–Trinajstić information content (AvgIpc) is 2.58. The van der Waals surface area contributed by atoms with Crippen molar-refractivity contribution in [2.24, 2.45) is 0 Å². The third-order valence-electron chi connectivity index (χ3n) is 5.09. The number of nitrogens with zero attached hydrogens (tertiary/aromatic N) is 1. The van der Waals surface area contributed by atoms with Gasteiger partial charge >= 0.3 is 0 Å². The van der Waals surface area contributed by atoms with E-state index in [2.05, 4.69) is 29.0 Å². The predicted molar refractivity (Wildman–Crippen MR) is 99.3 cm³/mol. The van der Waals surface area contributed by atoms with Crippen molar-refractivity contribution in [3.8, 4) is 5.75 Å². The lowest BCUT2D eigenvalue weighted by atomic mass is 9.93. The number of H-pyrrole nitrogens is 1. The van der Waals surface area contributed by atoms with E-state index in [1.54, 1.807) is 0 Å². The molecule has 0 aromatic carbocycles. The molecule has 140 valence electrons. The van der Waals surface area contributed by atoms with Crippen LogP contribution in [0.15, 0.2) is 4.79 Å². The second-order valence-electron chi connectivity index (χ2n) is 6.89. The van der Waals surface area contributed by atoms with Crippen LogP contribution >= 0.6 is 0 Å². The van der Waals surface area contributed by atoms with Crippen molar-refractivity contribution < 1.29 is 9.90 Å². The fraction of sp³-hybridized carbons (Fsp3) is 0.684. The van der Waals surface area contributed by atoms with E-state index in [9.17, 15) is 14.7 Å². The lowest BCUT2D eigenvalue weighted by Crippen LogP contribution is -2.37. The smallest absolute Gasteiger partial charge is 0.264 e. The second kappa shape index (κ2) is 9.04. The molecule has 0 saturated heterocycles. The minimum Gasteiger partial charge on any atom is -0.507 e. The topological polar surface area (TPSA) is 85.4 Å². The fourth-order valence-electron chi connectivity index (χ4n) is 3.50. The number of aromatic amines is 1. The first-order valence-electron chi connectivity index (χ1n) is 9.48. The number of aromatic hydroxyl groups is 1. The Hall–Kier alpha value is -1.82. The van der Waals surface area contributed by atoms with Gasteiger partial charge in [0.25, 0.3) is 11.5 Å². The van der Waals surface area contributed by atoms with Crippen LogP contribution in [-0.2, 0) is 12.8 Å². The molecule has 6 heteroatoms. The Bertz CT molecular complexity index is 650. The van der Waals surface area contributed by atoms with Crippen LogP contribution in [0.4, 0.5) is 0 Å². The molecule has 0 spiro atoms. The first-order chi connectivity index (χ1) is 12.0. The molecule has 1 aliphatic carbocycles. The van der Waals surface area contributed by atoms with E-state index in [4.69, 9.17) is 0 Å². The molecule has 0 fully saturated rings. The van der Waals surface area contributed by atoms with Crippen LogP contribution in [0.25, 0.3) is 0 Å². The fourth-order valence-corrected chi connectivity index (χ4v) is 3.50. The van der Waals surface area contributed by atoms with E-state index < -0.39 is 11.5 Å². The molecule has 0 unspecified atom stereocenters. The molecule has 1 atom stereocenters. The van der Waals surface area contributed by atoms with Crippen molar-refractivity contribution in [2.75, 3.05) is 19.6 Å². The Morgan fingerprint density at radius 1 is 1.28 bits per heavy atom. The maximum Gasteiger partial charge on any atom is 0.264 e. The molecule has 2 rings (SSSR count). The molecule has 3 N–H and O–H groups in total. The number of rotatable bonds is 8. The number of hydrogen-bond acceptors (Lipinski definition) is 4. The zero-order valence-electron chi connectivity index (χ0n) is 15.7. The van der Waals surface area contributed by atoms with Gasteiger partial charge in [0.1, 0.15) is 11.3 Å². The van der Waals surface area contributed by atoms with E-state index in [-0.39, 0.29) is 17.4 Å². The van der Waals surface area contributed by atoms with Crippen molar-refractivity contribution in [1.82, 2.24) is 15.2 Å². The Morgan fingerprint density at radius 3 is 2.64 bits per heavy atom. The van der Waals surface area contributed by atoms with E-state index in [1.807, 2.05) is 6.92 Å². The van der Waals surface area contributed by atoms with Crippen molar-refractivity contribution in [3.63, 3.8) is 0 Å². The summed E-state index contributed by atoms with van der Waals surface area (Å²) in [5, 5.41) is 13.3. The van der Waals surface area contributed by atoms with Crippen LogP contribution in [0.3, 0.4) is 0 Å². The predicted octanol–water partition coefficient (Wildman–Crippen LogP) is 2.20. The van der Waals surface area contributed by atoms with E-state index >= 15 is 0 Å². The monoisotopic (exact) mass is 349 g/mol. The van der Waals surface area contributed by atoms with Gasteiger partial charge in [-0.2, -0.15) is 0 Å². The lowest BCUT2D eigenvalue weighted by molar-refractivity contribution is 0.0932. The standard InChI is InChI=1S/C19H31N3O3/c1-4-22(5-2)12-8-9-13(3)20-18(24)16-17(23)14-10-6-7-11-15(14)21-19(16)25/h13H,4-12H2,1-3H3,(H,20,24)(H2,21,23,25)/t13-/m1/s1. The maximum absolute atomic E-state index is 12.5. The minimum absolute atomic E-state index is 0.0436. The van der Waals surface area contributed by atoms with Gasteiger partial charge in [0.2, 0.25) is 0 Å². The third kappa shape index (κ3) is 4.84. The van der Waals surface area contributed by atoms with Crippen LogP contribution in [-0.4, -0.2) is 46.6 Å². The first kappa shape index (κ1) is 19.5. The van der Waals surface area contributed by atoms with Gasteiger partial charge in [-0.1, -0.05) is 13.8 Å². The van der Waals surface area contributed by atoms with Crippen molar-refractivity contribution >= 4 is 5.91 Å². The summed E-state index contributed by atoms with van der Waals surface area (Å²) in [5.74, 6) is -0.617. The molecular weight excluding hydrogens is 318 g/mol. The summed E-state index contributed by atoms with van der Waals surface area (Å²) in [5.41, 5.74) is 0.866. The van der Waals surface area contributed by atoms with Gasteiger partial charge in [-0.3, -0.25) is 9.59 Å². The van der Waals surface area contributed by atoms with Gasteiger partial charge in [-0.25, -0.2) is 0 Å². The molecular formula is C19H31N3O3. The van der Waals surface area contributed by atoms with Gasteiger partial charge in [0.05, 0.1) is 0 Å². The summed E-state index contributed by atoms with van der Waals surface area (Å²) >= 11 is 0. The number of nitrogens with one attached hydrogen (secondary N) is 2. The van der Waals surface area contributed by atoms with Gasteiger partial charge < -0.3 is 20.3 Å². The summed E-state index contributed by atoms with van der Waals surface area (Å²) in [7, 11) is 0. The van der Waals surface area contributed by atoms with Crippen LogP contribution in [0.1, 0.15) is 68.1 Å². The van der Waals surface area contributed by atoms with E-state index in [0.717, 1.165) is 63.0 Å². The molecule has 1 heterocycles. The molecule has 1 aliphatic rings. The van der Waals surface area contributed by atoms with E-state index in [0.29, 0.717) is 6.42 Å². The highest BCUT2D eigenvalue weighted by molar-refractivity contribution is 5.97. The normalized spacial score (nSPS) is 15.0. The zero-order chi connectivity index (χ0) is 18.4. The largest absolute Gasteiger partial charge is 0.507 e. The summed E-state index contributed by atoms with van der Waals surface area (Å²) in [6.07, 6.45) is 5.24. The SMILES string of the molecule is CCN(CC)CCC[C@@H](C)NC(=O)c1c(O)c2c([nH]c1=O)CCCC2. The maximum atomic E-state index is 12.5. The molecule has 6 nitrogen and oxygen atoms in total. The number of hydrogen-bond donors (Lipinski definition) is 3. The Labute approximate surface area is 149 Å². The van der Waals surface area contributed by atoms with Gasteiger partial charge in [-0.05, 0) is 65.1 Å². The molecule has 0 bridgehead atoms. The number of carbonyl (C=O) groups excluding carboxylic acids is 1. The number of fused-ring (bicyclic) bond motifs is 1. The first-order valence-corrected chi connectivity index (χ1v) is 9.48. The quantitative estimate of drug-likeness (QED) is 0.672. The summed E-state index contributed by atoms with van der Waals surface area (Å²) < 4.78 is 0. The zero-order valence-corrected chi connectivity index (χ0v) is 15.7. The Kier molecular flexibility index (Phi) is 7.05. The van der Waals surface area contributed by atoms with Crippen LogP contribution < -0.4 is 10.9 Å². The Morgan fingerprint density at radius 2 is 1.96 bits per heavy atom. The van der Waals surface area contributed by atoms with Crippen molar-refractivity contribution in [1.29, 1.82) is 0 Å². The highest BCUT2D eigenvalue weighted by Gasteiger charge is 2.24. The number of aromatic nitrogens is 1. The summed E-state index contributed by atoms with van der Waals surface area (Å²) in [6.45, 7) is 9.26. The molecule has 0 saturated carbocycles. The summed E-state index contributed by atoms with van der Waals surface area (Å²) in [4.78, 5) is 29.8. The van der Waals surface area contributed by atoms with E-state index in [1.165, 1.54) is 0 Å². The number of aryl methyl sites for hydroxylation is 1. The lowest BCUT2D eigenvalue weighted by Gasteiger charge is -2.21. The van der Waals surface area contributed by atoms with Gasteiger partial charge in [-0.15, -0.1) is 0 Å². The second-order valence-corrected chi connectivity index (χ2v) is 6.89. The Balaban J connectivity index is 2.00. The van der Waals surface area contributed by atoms with Gasteiger partial charge in [0, 0.05) is 17.3 Å². The number of amides is 1. The molecule has 0 aliphatic heterocycles. The number of pyridine rings is 1. The molecule has 25 heavy (non-hydrogen) atoms. The van der Waals surface area contributed by atoms with Crippen molar-refractivity contribution in [2.45, 2.75) is 65.3 Å². The molecule has 0 radical (unpaired) electrons. The average molecular weight is 349 g/mol. The highest BCUT2D eigenvalue weighted by Crippen LogP contribution is 2.28. The third-order valence-corrected chi connectivity index (χ3v) is 5.09. The minimum atomic E-state index is -0.494. The van der Waals surface area contributed by atoms with Crippen LogP contribution in [0.5, 0.6) is 5.75 Å². The molecule has 1 aromatic heterocycles. The molecule has 1 aromatic rings. The van der Waals surface area contributed by atoms with Crippen LogP contribution in [0.2, 0.25) is 0 Å². The number of carbonyl (C=O) groups is 1. The van der Waals surface area contributed by atoms with Crippen LogP contribution in [0, 0.1) is 0 Å². The highest BCUT2D eigenvalue weighted by atomic mass is 16.3.